The number of rotatable bonds is 7. The minimum Gasteiger partial charge on any atom is -0.505 e. The van der Waals surface area contributed by atoms with Crippen molar-refractivity contribution in [1.29, 1.82) is 0 Å². The maximum absolute atomic E-state index is 5.98. The van der Waals surface area contributed by atoms with Gasteiger partial charge in [-0.1, -0.05) is 117 Å². The van der Waals surface area contributed by atoms with E-state index in [1.54, 1.807) is 21.3 Å². The van der Waals surface area contributed by atoms with Gasteiger partial charge in [0.15, 0.2) is 0 Å². The van der Waals surface area contributed by atoms with Crippen LogP contribution in [0.5, 0.6) is 17.2 Å². The van der Waals surface area contributed by atoms with Gasteiger partial charge in [0.05, 0.1) is 27.1 Å². The molecule has 0 amide bonds. The predicted molar refractivity (Wildman–Crippen MR) is 202 cm³/mol. The molecular weight excluding hydrogens is 668 g/mol. The fourth-order valence-electron chi connectivity index (χ4n) is 6.61. The Morgan fingerprint density at radius 2 is 1.33 bits per heavy atom. The Balaban J connectivity index is 0.000000524. The molecule has 6 aromatic carbocycles. The van der Waals surface area contributed by atoms with E-state index in [1.165, 1.54) is 62.4 Å². The van der Waals surface area contributed by atoms with E-state index in [0.717, 1.165) is 46.2 Å². The maximum atomic E-state index is 5.98. The first kappa shape index (κ1) is 37.1. The summed E-state index contributed by atoms with van der Waals surface area (Å²) in [4.78, 5) is 0. The summed E-state index contributed by atoms with van der Waals surface area (Å²) in [6.45, 7) is 13.7. The van der Waals surface area contributed by atoms with E-state index >= 15 is 0 Å². The normalized spacial score (nSPS) is 13.3. The Labute approximate surface area is 306 Å². The smallest absolute Gasteiger partial charge is 0.505 e. The zero-order valence-electron chi connectivity index (χ0n) is 29.3. The first-order valence-electron chi connectivity index (χ1n) is 16.7. The van der Waals surface area contributed by atoms with E-state index in [4.69, 9.17) is 14.2 Å². The van der Waals surface area contributed by atoms with E-state index < -0.39 is 0 Å². The van der Waals surface area contributed by atoms with Crippen LogP contribution >= 0.6 is 0 Å². The molecule has 0 N–H and O–H groups in total. The van der Waals surface area contributed by atoms with Crippen LogP contribution in [-0.4, -0.2) is 21.3 Å². The molecule has 1 atom stereocenters. The Kier molecular flexibility index (Phi) is 13.2. The Morgan fingerprint density at radius 3 is 2.00 bits per heavy atom. The Bertz CT molecular complexity index is 2000. The van der Waals surface area contributed by atoms with Crippen molar-refractivity contribution < 1.29 is 40.4 Å². The molecule has 245 valence electrons. The molecule has 7 rings (SSSR count). The van der Waals surface area contributed by atoms with Gasteiger partial charge in [0.2, 0.25) is 0 Å². The van der Waals surface area contributed by atoms with Crippen LogP contribution in [-0.2, 0) is 26.2 Å². The first-order valence-corrected chi connectivity index (χ1v) is 16.7. The molecule has 0 aromatic heterocycles. The second-order valence-electron chi connectivity index (χ2n) is 11.9. The molecule has 0 saturated carbocycles. The summed E-state index contributed by atoms with van der Waals surface area (Å²) < 4.78 is 17.5. The van der Waals surface area contributed by atoms with Gasteiger partial charge in [0.25, 0.3) is 0 Å². The van der Waals surface area contributed by atoms with Gasteiger partial charge in [-0.15, -0.1) is 22.2 Å². The largest absolute Gasteiger partial charge is 3.00 e. The number of hydrogen-bond acceptors (Lipinski definition) is 3. The number of unbranched alkanes of at least 4 members (excludes halogenated alkanes) is 2. The van der Waals surface area contributed by atoms with Gasteiger partial charge in [0.1, 0.15) is 11.5 Å². The molecule has 48 heavy (non-hydrogen) atoms. The SMILES string of the molecule is COc1ccc2c(c1)[cH-]c1c(C3C(c4cccc5ccccc45)=C(C)c4ccccc43)cc(OC)c(OC)c12.[CH2-]CCC.[CH2-]CCC.[Zr+3]. The molecule has 0 bridgehead atoms. The number of hydrogen-bond donors (Lipinski definition) is 0. The van der Waals surface area contributed by atoms with Crippen LogP contribution in [0.2, 0.25) is 0 Å². The van der Waals surface area contributed by atoms with E-state index in [9.17, 15) is 0 Å². The van der Waals surface area contributed by atoms with Crippen LogP contribution in [0.25, 0.3) is 43.5 Å². The van der Waals surface area contributed by atoms with E-state index in [2.05, 4.69) is 126 Å². The fraction of sp³-hybridized carbons (Fsp3) is 0.250. The Morgan fingerprint density at radius 1 is 0.688 bits per heavy atom. The molecule has 6 aromatic rings. The molecule has 0 saturated heterocycles. The van der Waals surface area contributed by atoms with Crippen molar-refractivity contribution in [2.75, 3.05) is 21.3 Å². The van der Waals surface area contributed by atoms with Gasteiger partial charge < -0.3 is 28.1 Å². The van der Waals surface area contributed by atoms with Gasteiger partial charge in [-0.3, -0.25) is 0 Å². The van der Waals surface area contributed by atoms with E-state index in [0.29, 0.717) is 0 Å². The molecule has 1 aliphatic rings. The summed E-state index contributed by atoms with van der Waals surface area (Å²) in [6.07, 6.45) is 4.56. The molecule has 1 aliphatic carbocycles. The minimum absolute atomic E-state index is 0. The number of fused-ring (bicyclic) bond motifs is 5. The van der Waals surface area contributed by atoms with Crippen molar-refractivity contribution in [3.05, 3.63) is 133 Å². The van der Waals surface area contributed by atoms with Crippen LogP contribution in [0.4, 0.5) is 0 Å². The van der Waals surface area contributed by atoms with E-state index in [-0.39, 0.29) is 32.1 Å². The van der Waals surface area contributed by atoms with Gasteiger partial charge >= 0.3 is 26.2 Å². The molecule has 0 spiro atoms. The third kappa shape index (κ3) is 7.01. The summed E-state index contributed by atoms with van der Waals surface area (Å²) in [5.41, 5.74) is 7.75. The van der Waals surface area contributed by atoms with Crippen molar-refractivity contribution >= 4 is 43.5 Å². The van der Waals surface area contributed by atoms with Crippen molar-refractivity contribution in [3.8, 4) is 17.2 Å². The summed E-state index contributed by atoms with van der Waals surface area (Å²) in [6, 6.07) is 34.8. The van der Waals surface area contributed by atoms with Gasteiger partial charge in [0, 0.05) is 5.92 Å². The fourth-order valence-corrected chi connectivity index (χ4v) is 6.61. The zero-order chi connectivity index (χ0) is 33.5. The number of ether oxygens (including phenoxy) is 3. The quantitative estimate of drug-likeness (QED) is 0.154. The van der Waals surface area contributed by atoms with Crippen LogP contribution in [0.1, 0.15) is 74.6 Å². The summed E-state index contributed by atoms with van der Waals surface area (Å²) in [5.74, 6) is 2.37. The van der Waals surface area contributed by atoms with Crippen LogP contribution in [0.3, 0.4) is 0 Å². The van der Waals surface area contributed by atoms with Gasteiger partial charge in [-0.25, -0.2) is 0 Å². The molecule has 1 unspecified atom stereocenters. The zero-order valence-corrected chi connectivity index (χ0v) is 31.7. The maximum Gasteiger partial charge on any atom is 3.00 e. The molecule has 0 fully saturated rings. The predicted octanol–water partition coefficient (Wildman–Crippen LogP) is 12.2. The first-order chi connectivity index (χ1) is 23.0. The van der Waals surface area contributed by atoms with Crippen molar-refractivity contribution in [3.63, 3.8) is 0 Å². The average Bonchev–Trinajstić information content (AvgIpc) is 3.65. The average molecular weight is 715 g/mol. The Hall–Kier alpha value is -3.75. The number of methoxy groups -OCH3 is 3. The number of allylic oxidation sites excluding steroid dienone is 2. The second-order valence-corrected chi connectivity index (χ2v) is 11.9. The second kappa shape index (κ2) is 17.1. The third-order valence-electron chi connectivity index (χ3n) is 9.04. The van der Waals surface area contributed by atoms with Gasteiger partial charge in [-0.2, -0.15) is 12.8 Å². The molecule has 1 radical (unpaired) electrons. The third-order valence-corrected chi connectivity index (χ3v) is 9.04. The van der Waals surface area contributed by atoms with Crippen molar-refractivity contribution in [2.45, 2.75) is 52.4 Å². The summed E-state index contributed by atoms with van der Waals surface area (Å²) in [7, 11) is 5.14. The molecular formula is C44H47O3Zr. The van der Waals surface area contributed by atoms with Crippen LogP contribution in [0.15, 0.2) is 97.1 Å². The minimum atomic E-state index is 0. The van der Waals surface area contributed by atoms with Crippen molar-refractivity contribution in [2.24, 2.45) is 0 Å². The topological polar surface area (TPSA) is 27.7 Å². The molecule has 4 heteroatoms. The van der Waals surface area contributed by atoms with Crippen LogP contribution in [0, 0.1) is 13.8 Å². The summed E-state index contributed by atoms with van der Waals surface area (Å²) in [5, 5.41) is 7.00. The summed E-state index contributed by atoms with van der Waals surface area (Å²) >= 11 is 0. The molecule has 0 heterocycles. The monoisotopic (exact) mass is 713 g/mol. The molecule has 3 nitrogen and oxygen atoms in total. The standard InChI is InChI=1S/C36H29O3.2C4H9.Zr/c1-21-25-12-7-8-14-28(25)34(33(21)29-15-9-11-22-10-5-6-13-26(22)29)31-20-32(38-3)36(39-4)35-27-17-16-24(37-2)18-23(27)19-30(31)35;2*1-3-4-2;/h5-20,34H,1-4H3;2*1,3-4H2,2H3;/q3*-1;+3. The van der Waals surface area contributed by atoms with Gasteiger partial charge in [-0.05, 0) is 57.7 Å². The number of benzene rings is 5. The van der Waals surface area contributed by atoms with E-state index in [1.807, 2.05) is 6.07 Å². The van der Waals surface area contributed by atoms with Crippen LogP contribution < -0.4 is 14.2 Å². The van der Waals surface area contributed by atoms with Crippen molar-refractivity contribution in [1.82, 2.24) is 0 Å². The molecule has 0 aliphatic heterocycles.